The Labute approximate surface area is 115 Å². The van der Waals surface area contributed by atoms with Crippen LogP contribution in [0.3, 0.4) is 0 Å². The summed E-state index contributed by atoms with van der Waals surface area (Å²) in [4.78, 5) is 0. The molecule has 0 fully saturated rings. The molecule has 0 heterocycles. The number of aryl methyl sites for hydroxylation is 1. The SMILES string of the molecule is Cc1ccc([C@@H](C)NC2Cc3ccccc3C2)cc1. The quantitative estimate of drug-likeness (QED) is 0.874. The van der Waals surface area contributed by atoms with Crippen molar-refractivity contribution < 1.29 is 0 Å². The Morgan fingerprint density at radius 3 is 2.11 bits per heavy atom. The van der Waals surface area contributed by atoms with Gasteiger partial charge in [0.15, 0.2) is 0 Å². The van der Waals surface area contributed by atoms with Crippen molar-refractivity contribution in [1.82, 2.24) is 5.32 Å². The Bertz CT molecular complexity index is 531. The van der Waals surface area contributed by atoms with Gasteiger partial charge in [0.05, 0.1) is 0 Å². The molecule has 98 valence electrons. The van der Waals surface area contributed by atoms with Gasteiger partial charge in [-0.3, -0.25) is 0 Å². The highest BCUT2D eigenvalue weighted by molar-refractivity contribution is 5.33. The van der Waals surface area contributed by atoms with E-state index in [1.54, 1.807) is 0 Å². The van der Waals surface area contributed by atoms with Crippen LogP contribution in [0.5, 0.6) is 0 Å². The molecule has 0 aliphatic heterocycles. The third-order valence-corrected chi connectivity index (χ3v) is 4.11. The number of fused-ring (bicyclic) bond motifs is 1. The van der Waals surface area contributed by atoms with Crippen molar-refractivity contribution in [3.8, 4) is 0 Å². The third-order valence-electron chi connectivity index (χ3n) is 4.11. The summed E-state index contributed by atoms with van der Waals surface area (Å²) in [6.07, 6.45) is 2.32. The first-order valence-corrected chi connectivity index (χ1v) is 7.12. The van der Waals surface area contributed by atoms with Crippen LogP contribution < -0.4 is 5.32 Å². The largest absolute Gasteiger partial charge is 0.307 e. The Kier molecular flexibility index (Phi) is 3.39. The molecule has 1 aliphatic rings. The van der Waals surface area contributed by atoms with Crippen LogP contribution in [0, 0.1) is 6.92 Å². The van der Waals surface area contributed by atoms with E-state index in [9.17, 15) is 0 Å². The fraction of sp³-hybridized carbons (Fsp3) is 0.333. The summed E-state index contributed by atoms with van der Waals surface area (Å²) in [6, 6.07) is 18.6. The topological polar surface area (TPSA) is 12.0 Å². The van der Waals surface area contributed by atoms with Crippen LogP contribution in [0.4, 0.5) is 0 Å². The molecular weight excluding hydrogens is 230 g/mol. The number of nitrogens with one attached hydrogen (secondary N) is 1. The zero-order valence-electron chi connectivity index (χ0n) is 11.7. The number of rotatable bonds is 3. The van der Waals surface area contributed by atoms with E-state index >= 15 is 0 Å². The fourth-order valence-electron chi connectivity index (χ4n) is 2.98. The highest BCUT2D eigenvalue weighted by Crippen LogP contribution is 2.24. The summed E-state index contributed by atoms with van der Waals surface area (Å²) in [5.41, 5.74) is 5.72. The van der Waals surface area contributed by atoms with E-state index in [-0.39, 0.29) is 0 Å². The average molecular weight is 251 g/mol. The van der Waals surface area contributed by atoms with Crippen LogP contribution in [-0.2, 0) is 12.8 Å². The molecule has 2 aromatic carbocycles. The van der Waals surface area contributed by atoms with Crippen LogP contribution in [0.25, 0.3) is 0 Å². The molecule has 19 heavy (non-hydrogen) atoms. The lowest BCUT2D eigenvalue weighted by molar-refractivity contribution is 0.467. The van der Waals surface area contributed by atoms with Gasteiger partial charge in [0, 0.05) is 12.1 Å². The predicted molar refractivity (Wildman–Crippen MR) is 80.4 cm³/mol. The summed E-state index contributed by atoms with van der Waals surface area (Å²) < 4.78 is 0. The van der Waals surface area contributed by atoms with Gasteiger partial charge in [0.2, 0.25) is 0 Å². The number of hydrogen-bond donors (Lipinski definition) is 1. The highest BCUT2D eigenvalue weighted by atomic mass is 14.9. The molecule has 0 radical (unpaired) electrons. The lowest BCUT2D eigenvalue weighted by atomic mass is 10.0. The molecule has 0 unspecified atom stereocenters. The molecule has 0 saturated carbocycles. The molecule has 1 heteroatoms. The van der Waals surface area contributed by atoms with E-state index in [0.717, 1.165) is 12.8 Å². The molecule has 0 amide bonds. The lowest BCUT2D eigenvalue weighted by Gasteiger charge is -2.19. The summed E-state index contributed by atoms with van der Waals surface area (Å²) in [7, 11) is 0. The van der Waals surface area contributed by atoms with E-state index in [2.05, 4.69) is 67.7 Å². The van der Waals surface area contributed by atoms with Gasteiger partial charge in [-0.25, -0.2) is 0 Å². The van der Waals surface area contributed by atoms with Gasteiger partial charge in [-0.15, -0.1) is 0 Å². The van der Waals surface area contributed by atoms with Gasteiger partial charge in [-0.2, -0.15) is 0 Å². The molecule has 1 atom stereocenters. The average Bonchev–Trinajstić information content (AvgIpc) is 2.81. The Morgan fingerprint density at radius 1 is 0.947 bits per heavy atom. The van der Waals surface area contributed by atoms with Crippen molar-refractivity contribution in [2.24, 2.45) is 0 Å². The monoisotopic (exact) mass is 251 g/mol. The fourth-order valence-corrected chi connectivity index (χ4v) is 2.98. The van der Waals surface area contributed by atoms with Gasteiger partial charge < -0.3 is 5.32 Å². The standard InChI is InChI=1S/C18H21N/c1-13-7-9-15(10-8-13)14(2)19-18-11-16-5-3-4-6-17(16)12-18/h3-10,14,18-19H,11-12H2,1-2H3/t14-/m1/s1. The van der Waals surface area contributed by atoms with Crippen LogP contribution in [-0.4, -0.2) is 6.04 Å². The first kappa shape index (κ1) is 12.4. The first-order valence-electron chi connectivity index (χ1n) is 7.12. The van der Waals surface area contributed by atoms with E-state index in [1.807, 2.05) is 0 Å². The second-order valence-electron chi connectivity index (χ2n) is 5.67. The smallest absolute Gasteiger partial charge is 0.0294 e. The minimum Gasteiger partial charge on any atom is -0.307 e. The maximum atomic E-state index is 3.76. The summed E-state index contributed by atoms with van der Waals surface area (Å²) in [5.74, 6) is 0. The summed E-state index contributed by atoms with van der Waals surface area (Å²) >= 11 is 0. The Balaban J connectivity index is 1.66. The molecular formula is C18H21N. The van der Waals surface area contributed by atoms with Crippen molar-refractivity contribution >= 4 is 0 Å². The highest BCUT2D eigenvalue weighted by Gasteiger charge is 2.22. The van der Waals surface area contributed by atoms with E-state index in [0.29, 0.717) is 12.1 Å². The van der Waals surface area contributed by atoms with Gasteiger partial charge >= 0.3 is 0 Å². The van der Waals surface area contributed by atoms with Crippen molar-refractivity contribution in [2.45, 2.75) is 38.8 Å². The summed E-state index contributed by atoms with van der Waals surface area (Å²) in [5, 5.41) is 3.76. The third kappa shape index (κ3) is 2.71. The molecule has 0 aromatic heterocycles. The second kappa shape index (κ2) is 5.18. The molecule has 0 spiro atoms. The first-order chi connectivity index (χ1) is 9.22. The minimum absolute atomic E-state index is 0.417. The van der Waals surface area contributed by atoms with Crippen molar-refractivity contribution in [2.75, 3.05) is 0 Å². The predicted octanol–water partition coefficient (Wildman–Crippen LogP) is 3.81. The molecule has 2 aromatic rings. The molecule has 1 nitrogen and oxygen atoms in total. The lowest BCUT2D eigenvalue weighted by Crippen LogP contribution is -2.32. The maximum absolute atomic E-state index is 3.76. The number of hydrogen-bond acceptors (Lipinski definition) is 1. The van der Waals surface area contributed by atoms with Crippen LogP contribution >= 0.6 is 0 Å². The molecule has 3 rings (SSSR count). The maximum Gasteiger partial charge on any atom is 0.0294 e. The van der Waals surface area contributed by atoms with Gasteiger partial charge in [0.25, 0.3) is 0 Å². The van der Waals surface area contributed by atoms with Crippen molar-refractivity contribution in [1.29, 1.82) is 0 Å². The van der Waals surface area contributed by atoms with Gasteiger partial charge in [0.1, 0.15) is 0 Å². The van der Waals surface area contributed by atoms with Crippen LogP contribution in [0.15, 0.2) is 48.5 Å². The second-order valence-corrected chi connectivity index (χ2v) is 5.67. The normalized spacial score (nSPS) is 16.3. The number of benzene rings is 2. The Hall–Kier alpha value is -1.60. The molecule has 0 bridgehead atoms. The van der Waals surface area contributed by atoms with E-state index < -0.39 is 0 Å². The zero-order valence-corrected chi connectivity index (χ0v) is 11.7. The molecule has 1 aliphatic carbocycles. The van der Waals surface area contributed by atoms with E-state index in [4.69, 9.17) is 0 Å². The summed E-state index contributed by atoms with van der Waals surface area (Å²) in [6.45, 7) is 4.39. The van der Waals surface area contributed by atoms with Crippen molar-refractivity contribution in [3.63, 3.8) is 0 Å². The van der Waals surface area contributed by atoms with E-state index in [1.165, 1.54) is 22.3 Å². The Morgan fingerprint density at radius 2 is 1.53 bits per heavy atom. The van der Waals surface area contributed by atoms with Crippen molar-refractivity contribution in [3.05, 3.63) is 70.8 Å². The van der Waals surface area contributed by atoms with Crippen LogP contribution in [0.2, 0.25) is 0 Å². The van der Waals surface area contributed by atoms with Gasteiger partial charge in [-0.05, 0) is 43.4 Å². The zero-order chi connectivity index (χ0) is 13.2. The minimum atomic E-state index is 0.417. The van der Waals surface area contributed by atoms with Gasteiger partial charge in [-0.1, -0.05) is 54.1 Å². The van der Waals surface area contributed by atoms with Crippen LogP contribution in [0.1, 0.15) is 35.2 Å². The molecule has 1 N–H and O–H groups in total. The molecule has 0 saturated heterocycles.